The molecule has 0 unspecified atom stereocenters. The second-order valence-corrected chi connectivity index (χ2v) is 6.43. The molecule has 1 N–H and O–H groups in total. The molecule has 1 aromatic carbocycles. The Kier molecular flexibility index (Phi) is 4.29. The highest BCUT2D eigenvalue weighted by molar-refractivity contribution is 7.84. The monoisotopic (exact) mass is 331 g/mol. The minimum Gasteiger partial charge on any atom is -0.618 e. The zero-order chi connectivity index (χ0) is 16.4. The van der Waals surface area contributed by atoms with Gasteiger partial charge in [0.1, 0.15) is 11.5 Å². The topological polar surface area (TPSA) is 81.9 Å². The third-order valence-electron chi connectivity index (χ3n) is 3.58. The Morgan fingerprint density at radius 3 is 2.87 bits per heavy atom. The van der Waals surface area contributed by atoms with Gasteiger partial charge in [0.05, 0.1) is 34.0 Å². The Hall–Kier alpha value is -2.41. The summed E-state index contributed by atoms with van der Waals surface area (Å²) in [7, 11) is -1.44. The van der Waals surface area contributed by atoms with Crippen molar-refractivity contribution < 1.29 is 13.7 Å². The summed E-state index contributed by atoms with van der Waals surface area (Å²) in [5, 5.41) is 12.4. The number of fused-ring (bicyclic) bond motifs is 1. The van der Waals surface area contributed by atoms with E-state index in [0.717, 1.165) is 15.8 Å². The van der Waals surface area contributed by atoms with Gasteiger partial charge in [-0.05, 0) is 26.0 Å². The van der Waals surface area contributed by atoms with Gasteiger partial charge in [0.15, 0.2) is 11.4 Å². The predicted octanol–water partition coefficient (Wildman–Crippen LogP) is 2.21. The number of pyridine rings is 1. The molecule has 0 aliphatic rings. The van der Waals surface area contributed by atoms with Gasteiger partial charge in [-0.1, -0.05) is 12.1 Å². The fourth-order valence-corrected chi connectivity index (χ4v) is 3.52. The molecule has 0 saturated carbocycles. The molecule has 0 bridgehead atoms. The first-order chi connectivity index (χ1) is 11.1. The summed E-state index contributed by atoms with van der Waals surface area (Å²) in [6.07, 6.45) is 1.38. The van der Waals surface area contributed by atoms with Crippen LogP contribution in [-0.2, 0) is 16.6 Å². The van der Waals surface area contributed by atoms with E-state index in [-0.39, 0.29) is 5.75 Å². The van der Waals surface area contributed by atoms with E-state index < -0.39 is 10.8 Å². The highest BCUT2D eigenvalue weighted by atomic mass is 32.2. The zero-order valence-corrected chi connectivity index (χ0v) is 13.7. The summed E-state index contributed by atoms with van der Waals surface area (Å²) in [5.41, 5.74) is 2.71. The first-order valence-corrected chi connectivity index (χ1v) is 8.59. The van der Waals surface area contributed by atoms with Crippen LogP contribution in [0.25, 0.3) is 11.0 Å². The van der Waals surface area contributed by atoms with E-state index >= 15 is 0 Å². The third-order valence-corrected chi connectivity index (χ3v) is 4.74. The number of nitrogens with one attached hydrogen (secondary N) is 1. The lowest BCUT2D eigenvalue weighted by molar-refractivity contribution is -0.613. The minimum atomic E-state index is -1.44. The number of ether oxygens (including phenoxy) is 1. The summed E-state index contributed by atoms with van der Waals surface area (Å²) in [4.78, 5) is 7.37. The average Bonchev–Trinajstić information content (AvgIpc) is 2.98. The molecule has 0 fully saturated rings. The first-order valence-electron chi connectivity index (χ1n) is 7.27. The van der Waals surface area contributed by atoms with Crippen LogP contribution in [0, 0.1) is 12.1 Å². The van der Waals surface area contributed by atoms with Crippen molar-refractivity contribution in [2.24, 2.45) is 0 Å². The number of H-pyrrole nitrogens is 1. The third kappa shape index (κ3) is 3.05. The number of aromatic amines is 1. The summed E-state index contributed by atoms with van der Waals surface area (Å²) >= 11 is 0. The Morgan fingerprint density at radius 2 is 2.13 bits per heavy atom. The Morgan fingerprint density at radius 1 is 1.35 bits per heavy atom. The van der Waals surface area contributed by atoms with E-state index in [0.29, 0.717) is 28.8 Å². The second-order valence-electron chi connectivity index (χ2n) is 5.06. The first kappa shape index (κ1) is 15.5. The van der Waals surface area contributed by atoms with Crippen molar-refractivity contribution in [1.82, 2.24) is 9.97 Å². The van der Waals surface area contributed by atoms with Crippen LogP contribution in [-0.4, -0.2) is 20.8 Å². The average molecular weight is 331 g/mol. The molecular weight excluding hydrogens is 314 g/mol. The number of para-hydroxylation sites is 2. The molecule has 1 atom stereocenters. The lowest BCUT2D eigenvalue weighted by Crippen LogP contribution is -2.33. The molecule has 0 radical (unpaired) electrons. The molecule has 2 heterocycles. The van der Waals surface area contributed by atoms with Gasteiger partial charge in [0.25, 0.3) is 0 Å². The number of aromatic nitrogens is 3. The lowest BCUT2D eigenvalue weighted by Gasteiger charge is -2.11. The van der Waals surface area contributed by atoms with Crippen molar-refractivity contribution in [3.8, 4) is 5.75 Å². The number of imidazole rings is 1. The van der Waals surface area contributed by atoms with Crippen LogP contribution in [0.1, 0.15) is 18.2 Å². The van der Waals surface area contributed by atoms with Crippen molar-refractivity contribution in [1.29, 1.82) is 0 Å². The van der Waals surface area contributed by atoms with Gasteiger partial charge in [0, 0.05) is 6.07 Å². The number of hydrogen-bond donors (Lipinski definition) is 1. The van der Waals surface area contributed by atoms with Crippen molar-refractivity contribution >= 4 is 21.8 Å². The van der Waals surface area contributed by atoms with E-state index in [9.17, 15) is 9.42 Å². The van der Waals surface area contributed by atoms with Crippen molar-refractivity contribution in [3.63, 3.8) is 0 Å². The fourth-order valence-electron chi connectivity index (χ4n) is 2.37. The van der Waals surface area contributed by atoms with Crippen LogP contribution in [0.15, 0.2) is 41.7 Å². The van der Waals surface area contributed by atoms with Crippen LogP contribution in [0.5, 0.6) is 5.75 Å². The maximum Gasteiger partial charge on any atom is 0.212 e. The largest absolute Gasteiger partial charge is 0.618 e. The normalized spacial score (nSPS) is 12.4. The molecule has 0 aliphatic heterocycles. The van der Waals surface area contributed by atoms with Gasteiger partial charge in [0.2, 0.25) is 5.69 Å². The van der Waals surface area contributed by atoms with Gasteiger partial charge < -0.3 is 14.9 Å². The zero-order valence-electron chi connectivity index (χ0n) is 12.9. The number of benzene rings is 1. The summed E-state index contributed by atoms with van der Waals surface area (Å²) in [5.74, 6) is 0.715. The second kappa shape index (κ2) is 6.37. The van der Waals surface area contributed by atoms with Crippen LogP contribution >= 0.6 is 0 Å². The summed E-state index contributed by atoms with van der Waals surface area (Å²) < 4.78 is 18.8. The molecule has 23 heavy (non-hydrogen) atoms. The summed E-state index contributed by atoms with van der Waals surface area (Å²) in [6, 6.07) is 9.10. The molecule has 3 aromatic rings. The van der Waals surface area contributed by atoms with E-state index in [1.807, 2.05) is 31.2 Å². The van der Waals surface area contributed by atoms with Crippen LogP contribution < -0.4 is 9.47 Å². The predicted molar refractivity (Wildman–Crippen MR) is 87.5 cm³/mol. The highest BCUT2D eigenvalue weighted by Gasteiger charge is 2.20. The number of nitrogens with zero attached hydrogens (tertiary/aromatic N) is 2. The quantitative estimate of drug-likeness (QED) is 0.574. The molecule has 120 valence electrons. The molecule has 0 saturated heterocycles. The molecule has 2 aromatic heterocycles. The summed E-state index contributed by atoms with van der Waals surface area (Å²) in [6.45, 7) is 4.18. The molecule has 3 rings (SSSR count). The van der Waals surface area contributed by atoms with Gasteiger partial charge in [-0.2, -0.15) is 4.73 Å². The fraction of sp³-hybridized carbons (Fsp3) is 0.250. The maximum atomic E-state index is 12.6. The van der Waals surface area contributed by atoms with Gasteiger partial charge in [-0.15, -0.1) is 0 Å². The van der Waals surface area contributed by atoms with E-state index in [2.05, 4.69) is 9.97 Å². The molecule has 7 heteroatoms. The molecule has 0 spiro atoms. The van der Waals surface area contributed by atoms with Crippen LogP contribution in [0.4, 0.5) is 0 Å². The smallest absolute Gasteiger partial charge is 0.212 e. The van der Waals surface area contributed by atoms with E-state index in [1.54, 1.807) is 13.0 Å². The lowest BCUT2D eigenvalue weighted by atomic mass is 10.2. The highest BCUT2D eigenvalue weighted by Crippen LogP contribution is 2.21. The SMILES string of the molecule is CCOc1cc[n+]([O-])c(C[S@@](=O)c2nc3ccccc3[nH]2)c1C. The van der Waals surface area contributed by atoms with Crippen molar-refractivity contribution in [3.05, 3.63) is 53.0 Å². The van der Waals surface area contributed by atoms with E-state index in [4.69, 9.17) is 4.74 Å². The molecular formula is C16H17N3O3S. The Balaban J connectivity index is 1.92. The molecule has 0 amide bonds. The van der Waals surface area contributed by atoms with Crippen LogP contribution in [0.3, 0.4) is 0 Å². The van der Waals surface area contributed by atoms with E-state index in [1.165, 1.54) is 6.20 Å². The Labute approximate surface area is 136 Å². The molecule has 0 aliphatic carbocycles. The van der Waals surface area contributed by atoms with Crippen molar-refractivity contribution in [2.45, 2.75) is 24.8 Å². The Bertz CT molecular complexity index is 843. The van der Waals surface area contributed by atoms with Crippen LogP contribution in [0.2, 0.25) is 0 Å². The minimum absolute atomic E-state index is 0.0794. The standard InChI is InChI=1S/C16H17N3O3S/c1-3-22-15-8-9-19(20)14(11(15)2)10-23(21)16-17-12-6-4-5-7-13(12)18-16/h4-9H,3,10H2,1-2H3,(H,17,18)/t23-/m1/s1. The number of rotatable bonds is 5. The van der Waals surface area contributed by atoms with Crippen molar-refractivity contribution in [2.75, 3.05) is 6.61 Å². The maximum absolute atomic E-state index is 12.6. The molecule has 6 nitrogen and oxygen atoms in total. The number of hydrogen-bond acceptors (Lipinski definition) is 4. The van der Waals surface area contributed by atoms with Gasteiger partial charge in [-0.25, -0.2) is 4.98 Å². The van der Waals surface area contributed by atoms with Gasteiger partial charge in [-0.3, -0.25) is 4.21 Å². The van der Waals surface area contributed by atoms with Gasteiger partial charge >= 0.3 is 0 Å².